The van der Waals surface area contributed by atoms with E-state index in [2.05, 4.69) is 15.3 Å². The van der Waals surface area contributed by atoms with Crippen LogP contribution in [0.25, 0.3) is 11.6 Å². The summed E-state index contributed by atoms with van der Waals surface area (Å²) in [5.41, 5.74) is 3.93. The smallest absolute Gasteiger partial charge is 0.256 e. The molecule has 1 aromatic heterocycles. The van der Waals surface area contributed by atoms with E-state index < -0.39 is 0 Å². The lowest BCUT2D eigenvalue weighted by molar-refractivity contribution is -0.110. The van der Waals surface area contributed by atoms with Gasteiger partial charge in [0, 0.05) is 22.5 Å². The van der Waals surface area contributed by atoms with Crippen molar-refractivity contribution in [2.45, 2.75) is 6.92 Å². The van der Waals surface area contributed by atoms with Gasteiger partial charge in [0.25, 0.3) is 5.91 Å². The first-order valence-corrected chi connectivity index (χ1v) is 6.90. The van der Waals surface area contributed by atoms with Gasteiger partial charge in [-0.2, -0.15) is 0 Å². The average molecular weight is 302 g/mol. The molecule has 2 N–H and O–H groups in total. The summed E-state index contributed by atoms with van der Waals surface area (Å²) < 4.78 is 0. The van der Waals surface area contributed by atoms with E-state index in [-0.39, 0.29) is 17.6 Å². The Bertz CT molecular complexity index is 777. The van der Waals surface area contributed by atoms with E-state index in [1.54, 1.807) is 30.6 Å². The maximum Gasteiger partial charge on any atom is 0.256 e. The molecule has 2 heterocycles. The molecule has 0 fully saturated rings. The van der Waals surface area contributed by atoms with Gasteiger partial charge in [-0.05, 0) is 31.2 Å². The zero-order valence-electron chi connectivity index (χ0n) is 11.2. The number of rotatable bonds is 3. The van der Waals surface area contributed by atoms with Gasteiger partial charge in [-0.25, -0.2) is 4.98 Å². The summed E-state index contributed by atoms with van der Waals surface area (Å²) in [5.74, 6) is -0.463. The van der Waals surface area contributed by atoms with Crippen molar-refractivity contribution in [3.63, 3.8) is 0 Å². The standard InChI is InChI=1S/C15H12ClN3O2/c1-8-13(18-7-17-8)5-11-10-4-9(14(20)6-16)2-3-12(10)19-15(11)21/h2-5,7H,6H2,1H3,(H,17,18)(H,19,21)/b11-5-. The topological polar surface area (TPSA) is 74.8 Å². The van der Waals surface area contributed by atoms with Crippen molar-refractivity contribution in [3.8, 4) is 0 Å². The zero-order chi connectivity index (χ0) is 15.0. The molecule has 0 unspecified atom stereocenters. The Morgan fingerprint density at radius 2 is 2.24 bits per heavy atom. The lowest BCUT2D eigenvalue weighted by atomic mass is 10.0. The number of imidazole rings is 1. The summed E-state index contributed by atoms with van der Waals surface area (Å²) in [4.78, 5) is 30.9. The molecule has 1 aliphatic rings. The third-order valence-corrected chi connectivity index (χ3v) is 3.64. The second kappa shape index (κ2) is 5.18. The second-order valence-corrected chi connectivity index (χ2v) is 5.01. The van der Waals surface area contributed by atoms with E-state index in [1.807, 2.05) is 6.92 Å². The molecule has 2 aromatic rings. The van der Waals surface area contributed by atoms with Crippen LogP contribution in [-0.4, -0.2) is 27.5 Å². The number of aromatic amines is 1. The molecule has 1 aliphatic heterocycles. The van der Waals surface area contributed by atoms with Crippen LogP contribution in [0.2, 0.25) is 0 Å². The fraction of sp³-hybridized carbons (Fsp3) is 0.133. The largest absolute Gasteiger partial charge is 0.348 e. The number of H-pyrrole nitrogens is 1. The number of nitrogens with one attached hydrogen (secondary N) is 2. The van der Waals surface area contributed by atoms with E-state index in [0.29, 0.717) is 28.1 Å². The Hall–Kier alpha value is -2.40. The minimum Gasteiger partial charge on any atom is -0.348 e. The first-order chi connectivity index (χ1) is 10.1. The maximum absolute atomic E-state index is 12.1. The van der Waals surface area contributed by atoms with Gasteiger partial charge in [0.2, 0.25) is 0 Å². The molecule has 0 bridgehead atoms. The monoisotopic (exact) mass is 301 g/mol. The fourth-order valence-corrected chi connectivity index (χ4v) is 2.39. The third kappa shape index (κ3) is 2.36. The molecule has 106 valence electrons. The van der Waals surface area contributed by atoms with Crippen LogP contribution in [0.3, 0.4) is 0 Å². The summed E-state index contributed by atoms with van der Waals surface area (Å²) in [6.45, 7) is 1.88. The Balaban J connectivity index is 2.10. The predicted octanol–water partition coefficient (Wildman–Crippen LogP) is 2.63. The number of amides is 1. The number of alkyl halides is 1. The van der Waals surface area contributed by atoms with Crippen molar-refractivity contribution in [1.82, 2.24) is 9.97 Å². The number of Topliss-reactive ketones (excluding diaryl/α,β-unsaturated/α-hetero) is 1. The molecule has 0 atom stereocenters. The van der Waals surface area contributed by atoms with Gasteiger partial charge < -0.3 is 10.3 Å². The molecule has 5 nitrogen and oxygen atoms in total. The van der Waals surface area contributed by atoms with Crippen molar-refractivity contribution in [1.29, 1.82) is 0 Å². The predicted molar refractivity (Wildman–Crippen MR) is 81.3 cm³/mol. The van der Waals surface area contributed by atoms with E-state index in [0.717, 1.165) is 5.69 Å². The van der Waals surface area contributed by atoms with Crippen LogP contribution < -0.4 is 5.32 Å². The van der Waals surface area contributed by atoms with Crippen molar-refractivity contribution < 1.29 is 9.59 Å². The fourth-order valence-electron chi connectivity index (χ4n) is 2.23. The molecule has 3 rings (SSSR count). The highest BCUT2D eigenvalue weighted by molar-refractivity contribution is 6.35. The molecular formula is C15H12ClN3O2. The zero-order valence-corrected chi connectivity index (χ0v) is 12.0. The van der Waals surface area contributed by atoms with Crippen LogP contribution in [0.5, 0.6) is 0 Å². The first-order valence-electron chi connectivity index (χ1n) is 6.36. The molecule has 0 spiro atoms. The SMILES string of the molecule is Cc1[nH]cnc1/C=C1\C(=O)Nc2ccc(C(=O)CCl)cc21. The van der Waals surface area contributed by atoms with Crippen molar-refractivity contribution in [2.75, 3.05) is 11.2 Å². The summed E-state index contributed by atoms with van der Waals surface area (Å²) in [5, 5.41) is 2.77. The van der Waals surface area contributed by atoms with Crippen molar-refractivity contribution in [3.05, 3.63) is 47.0 Å². The van der Waals surface area contributed by atoms with Gasteiger partial charge in [0.1, 0.15) is 0 Å². The highest BCUT2D eigenvalue weighted by atomic mass is 35.5. The normalized spacial score (nSPS) is 15.1. The van der Waals surface area contributed by atoms with Gasteiger partial charge in [-0.3, -0.25) is 9.59 Å². The summed E-state index contributed by atoms with van der Waals surface area (Å²) in [7, 11) is 0. The van der Waals surface area contributed by atoms with Crippen LogP contribution in [0.1, 0.15) is 27.3 Å². The summed E-state index contributed by atoms with van der Waals surface area (Å²) >= 11 is 5.58. The van der Waals surface area contributed by atoms with Crippen molar-refractivity contribution in [2.24, 2.45) is 0 Å². The number of fused-ring (bicyclic) bond motifs is 1. The van der Waals surface area contributed by atoms with Gasteiger partial charge in [-0.15, -0.1) is 11.6 Å². The number of carbonyl (C=O) groups is 2. The molecule has 1 amide bonds. The third-order valence-electron chi connectivity index (χ3n) is 3.40. The highest BCUT2D eigenvalue weighted by Crippen LogP contribution is 2.34. The molecule has 0 aliphatic carbocycles. The molecule has 0 saturated carbocycles. The maximum atomic E-state index is 12.1. The number of aromatic nitrogens is 2. The average Bonchev–Trinajstić information content (AvgIpc) is 3.02. The number of hydrogen-bond acceptors (Lipinski definition) is 3. The van der Waals surface area contributed by atoms with E-state index >= 15 is 0 Å². The van der Waals surface area contributed by atoms with Crippen LogP contribution in [0, 0.1) is 6.92 Å². The van der Waals surface area contributed by atoms with Crippen LogP contribution in [-0.2, 0) is 4.79 Å². The molecule has 1 aromatic carbocycles. The molecule has 21 heavy (non-hydrogen) atoms. The number of ketones is 1. The summed E-state index contributed by atoms with van der Waals surface area (Å²) in [6, 6.07) is 5.06. The number of anilines is 1. The minimum atomic E-state index is -0.206. The Kier molecular flexibility index (Phi) is 3.35. The van der Waals surface area contributed by atoms with Gasteiger partial charge in [0.15, 0.2) is 5.78 Å². The number of benzene rings is 1. The molecule has 0 saturated heterocycles. The van der Waals surface area contributed by atoms with E-state index in [4.69, 9.17) is 11.6 Å². The van der Waals surface area contributed by atoms with Gasteiger partial charge in [-0.1, -0.05) is 0 Å². The minimum absolute atomic E-state index is 0.0856. The Morgan fingerprint density at radius 3 is 2.90 bits per heavy atom. The lowest BCUT2D eigenvalue weighted by Gasteiger charge is -2.02. The quantitative estimate of drug-likeness (QED) is 0.520. The summed E-state index contributed by atoms with van der Waals surface area (Å²) in [6.07, 6.45) is 3.28. The second-order valence-electron chi connectivity index (χ2n) is 4.74. The van der Waals surface area contributed by atoms with Gasteiger partial charge in [0.05, 0.1) is 23.5 Å². The number of nitrogens with zero attached hydrogens (tertiary/aromatic N) is 1. The molecule has 6 heteroatoms. The number of hydrogen-bond donors (Lipinski definition) is 2. The lowest BCUT2D eigenvalue weighted by Crippen LogP contribution is -2.03. The van der Waals surface area contributed by atoms with E-state index in [9.17, 15) is 9.59 Å². The highest BCUT2D eigenvalue weighted by Gasteiger charge is 2.25. The number of halogens is 1. The van der Waals surface area contributed by atoms with Crippen LogP contribution in [0.15, 0.2) is 24.5 Å². The molecular weight excluding hydrogens is 290 g/mol. The van der Waals surface area contributed by atoms with Crippen molar-refractivity contribution >= 4 is 40.6 Å². The van der Waals surface area contributed by atoms with Crippen LogP contribution in [0.4, 0.5) is 5.69 Å². The Labute approximate surface area is 126 Å². The van der Waals surface area contributed by atoms with Crippen LogP contribution >= 0.6 is 11.6 Å². The molecule has 0 radical (unpaired) electrons. The first kappa shape index (κ1) is 13.6. The number of carbonyl (C=O) groups excluding carboxylic acids is 2. The Morgan fingerprint density at radius 1 is 1.43 bits per heavy atom. The van der Waals surface area contributed by atoms with Gasteiger partial charge >= 0.3 is 0 Å². The number of aryl methyl sites for hydroxylation is 1. The van der Waals surface area contributed by atoms with E-state index in [1.165, 1.54) is 0 Å².